The first-order chi connectivity index (χ1) is 13.6. The molecule has 2 aromatic carbocycles. The van der Waals surface area contributed by atoms with E-state index in [1.165, 1.54) is 4.90 Å². The van der Waals surface area contributed by atoms with Gasteiger partial charge < -0.3 is 14.6 Å². The summed E-state index contributed by atoms with van der Waals surface area (Å²) in [5.74, 6) is 3.48. The molecular formula is C23H25NO4. The molecule has 1 saturated heterocycles. The minimum atomic E-state index is -0.957. The van der Waals surface area contributed by atoms with Crippen molar-refractivity contribution in [1.29, 1.82) is 0 Å². The van der Waals surface area contributed by atoms with Crippen LogP contribution in [0.4, 0.5) is 4.79 Å². The van der Waals surface area contributed by atoms with Gasteiger partial charge >= 0.3 is 6.09 Å². The van der Waals surface area contributed by atoms with Crippen molar-refractivity contribution in [2.75, 3.05) is 13.7 Å². The molecule has 2 aromatic rings. The van der Waals surface area contributed by atoms with Crippen molar-refractivity contribution in [2.45, 2.75) is 37.5 Å². The molecular weight excluding hydrogens is 354 g/mol. The summed E-state index contributed by atoms with van der Waals surface area (Å²) in [4.78, 5) is 13.4. The Hall–Kier alpha value is -2.97. The summed E-state index contributed by atoms with van der Waals surface area (Å²) in [5, 5.41) is 9.80. The molecule has 146 valence electrons. The Kier molecular flexibility index (Phi) is 6.23. The van der Waals surface area contributed by atoms with Crippen LogP contribution < -0.4 is 4.74 Å². The fourth-order valence-electron chi connectivity index (χ4n) is 3.89. The Morgan fingerprint density at radius 2 is 1.93 bits per heavy atom. The molecule has 5 heteroatoms. The number of carboxylic acid groups (broad SMARTS) is 1. The molecule has 0 spiro atoms. The second-order valence-electron chi connectivity index (χ2n) is 7.15. The van der Waals surface area contributed by atoms with Gasteiger partial charge in [-0.15, -0.1) is 12.3 Å². The molecule has 1 N–H and O–H groups in total. The second kappa shape index (κ2) is 8.81. The SMILES string of the molecule is C#CC[C@@]1(Cc2ccccc2)C[C@@H](OCc2ccc(OC)cc2)CN1C(=O)O. The van der Waals surface area contributed by atoms with Crippen LogP contribution in [-0.4, -0.2) is 41.4 Å². The predicted octanol–water partition coefficient (Wildman–Crippen LogP) is 3.97. The van der Waals surface area contributed by atoms with Crippen molar-refractivity contribution < 1.29 is 19.4 Å². The molecule has 1 aliphatic rings. The van der Waals surface area contributed by atoms with Gasteiger partial charge in [0.15, 0.2) is 0 Å². The Balaban J connectivity index is 1.74. The van der Waals surface area contributed by atoms with Crippen LogP contribution >= 0.6 is 0 Å². The minimum absolute atomic E-state index is 0.199. The highest BCUT2D eigenvalue weighted by Gasteiger charge is 2.48. The number of nitrogens with zero attached hydrogens (tertiary/aromatic N) is 1. The summed E-state index contributed by atoms with van der Waals surface area (Å²) in [6.45, 7) is 0.736. The maximum atomic E-state index is 12.0. The Labute approximate surface area is 165 Å². The van der Waals surface area contributed by atoms with Crippen LogP contribution in [0.2, 0.25) is 0 Å². The van der Waals surface area contributed by atoms with Crippen LogP contribution in [-0.2, 0) is 17.8 Å². The van der Waals surface area contributed by atoms with Gasteiger partial charge in [0.2, 0.25) is 0 Å². The zero-order chi connectivity index (χ0) is 20.0. The van der Waals surface area contributed by atoms with Gasteiger partial charge in [-0.1, -0.05) is 42.5 Å². The first-order valence-corrected chi connectivity index (χ1v) is 9.29. The summed E-state index contributed by atoms with van der Waals surface area (Å²) in [5.41, 5.74) is 1.44. The Bertz CT molecular complexity index is 828. The van der Waals surface area contributed by atoms with Crippen molar-refractivity contribution in [3.63, 3.8) is 0 Å². The molecule has 0 radical (unpaired) electrons. The third kappa shape index (κ3) is 4.47. The average Bonchev–Trinajstić information content (AvgIpc) is 3.06. The van der Waals surface area contributed by atoms with Gasteiger partial charge in [0.05, 0.1) is 31.9 Å². The van der Waals surface area contributed by atoms with E-state index in [1.54, 1.807) is 7.11 Å². The number of hydrogen-bond acceptors (Lipinski definition) is 3. The maximum Gasteiger partial charge on any atom is 0.407 e. The lowest BCUT2D eigenvalue weighted by atomic mass is 9.85. The number of rotatable bonds is 7. The van der Waals surface area contributed by atoms with Crippen LogP contribution in [0.25, 0.3) is 0 Å². The number of amides is 1. The Morgan fingerprint density at radius 3 is 2.54 bits per heavy atom. The molecule has 0 bridgehead atoms. The van der Waals surface area contributed by atoms with E-state index in [0.29, 0.717) is 32.4 Å². The molecule has 0 saturated carbocycles. The molecule has 1 amide bonds. The van der Waals surface area contributed by atoms with Crippen LogP contribution in [0.5, 0.6) is 5.75 Å². The fraction of sp³-hybridized carbons (Fsp3) is 0.348. The summed E-state index contributed by atoms with van der Waals surface area (Å²) in [6, 6.07) is 17.5. The minimum Gasteiger partial charge on any atom is -0.497 e. The van der Waals surface area contributed by atoms with Crippen molar-refractivity contribution in [1.82, 2.24) is 4.90 Å². The van der Waals surface area contributed by atoms with E-state index < -0.39 is 11.6 Å². The highest BCUT2D eigenvalue weighted by Crippen LogP contribution is 2.37. The van der Waals surface area contributed by atoms with Gasteiger partial charge in [0.1, 0.15) is 5.75 Å². The monoisotopic (exact) mass is 379 g/mol. The lowest BCUT2D eigenvalue weighted by Gasteiger charge is -2.35. The number of benzene rings is 2. The van der Waals surface area contributed by atoms with Crippen LogP contribution in [0.1, 0.15) is 24.0 Å². The topological polar surface area (TPSA) is 59.0 Å². The standard InChI is InChI=1S/C23H25NO4/c1-3-13-23(14-18-7-5-4-6-8-18)15-21(16-24(23)22(25)26)28-17-19-9-11-20(27-2)12-10-19/h1,4-12,21H,13-17H2,2H3,(H,25,26)/t21-,23-/m1/s1. The van der Waals surface area contributed by atoms with Crippen LogP contribution in [0, 0.1) is 12.3 Å². The van der Waals surface area contributed by atoms with E-state index in [9.17, 15) is 9.90 Å². The Morgan fingerprint density at radius 1 is 1.21 bits per heavy atom. The molecule has 0 unspecified atom stereocenters. The third-order valence-electron chi connectivity index (χ3n) is 5.25. The first kappa shape index (κ1) is 19.8. The fourth-order valence-corrected chi connectivity index (χ4v) is 3.89. The van der Waals surface area contributed by atoms with E-state index in [-0.39, 0.29) is 6.10 Å². The third-order valence-corrected chi connectivity index (χ3v) is 5.25. The van der Waals surface area contributed by atoms with Gasteiger partial charge in [0, 0.05) is 12.8 Å². The zero-order valence-corrected chi connectivity index (χ0v) is 16.0. The number of ether oxygens (including phenoxy) is 2. The number of carbonyl (C=O) groups is 1. The van der Waals surface area contributed by atoms with Crippen molar-refractivity contribution in [3.8, 4) is 18.1 Å². The number of methoxy groups -OCH3 is 1. The lowest BCUT2D eigenvalue weighted by Crippen LogP contribution is -2.48. The van der Waals surface area contributed by atoms with Crippen molar-refractivity contribution >= 4 is 6.09 Å². The normalized spacial score (nSPS) is 21.3. The zero-order valence-electron chi connectivity index (χ0n) is 16.0. The van der Waals surface area contributed by atoms with Crippen LogP contribution in [0.15, 0.2) is 54.6 Å². The highest BCUT2D eigenvalue weighted by atomic mass is 16.5. The molecule has 28 heavy (non-hydrogen) atoms. The van der Waals surface area contributed by atoms with Crippen LogP contribution in [0.3, 0.4) is 0 Å². The van der Waals surface area contributed by atoms with Crippen molar-refractivity contribution in [2.24, 2.45) is 0 Å². The molecule has 0 aliphatic carbocycles. The molecule has 1 aliphatic heterocycles. The van der Waals surface area contributed by atoms with E-state index in [2.05, 4.69) is 5.92 Å². The predicted molar refractivity (Wildman–Crippen MR) is 107 cm³/mol. The largest absolute Gasteiger partial charge is 0.497 e. The average molecular weight is 379 g/mol. The van der Waals surface area contributed by atoms with E-state index in [1.807, 2.05) is 54.6 Å². The van der Waals surface area contributed by atoms with E-state index in [0.717, 1.165) is 16.9 Å². The molecule has 2 atom stereocenters. The molecule has 3 rings (SSSR count). The molecule has 5 nitrogen and oxygen atoms in total. The molecule has 0 aromatic heterocycles. The summed E-state index contributed by atoms with van der Waals surface area (Å²) < 4.78 is 11.2. The molecule has 1 heterocycles. The first-order valence-electron chi connectivity index (χ1n) is 9.29. The number of hydrogen-bond donors (Lipinski definition) is 1. The summed E-state index contributed by atoms with van der Waals surface area (Å²) in [6.07, 6.45) is 5.98. The maximum absolute atomic E-state index is 12.0. The lowest BCUT2D eigenvalue weighted by molar-refractivity contribution is 0.0463. The number of likely N-dealkylation sites (tertiary alicyclic amines) is 1. The van der Waals surface area contributed by atoms with E-state index in [4.69, 9.17) is 15.9 Å². The van der Waals surface area contributed by atoms with Crippen molar-refractivity contribution in [3.05, 3.63) is 65.7 Å². The van der Waals surface area contributed by atoms with E-state index >= 15 is 0 Å². The molecule has 1 fully saturated rings. The van der Waals surface area contributed by atoms with Gasteiger partial charge in [0.25, 0.3) is 0 Å². The van der Waals surface area contributed by atoms with Gasteiger partial charge in [-0.05, 0) is 29.7 Å². The smallest absolute Gasteiger partial charge is 0.407 e. The second-order valence-corrected chi connectivity index (χ2v) is 7.15. The van der Waals surface area contributed by atoms with Gasteiger partial charge in [-0.3, -0.25) is 4.90 Å². The van der Waals surface area contributed by atoms with Gasteiger partial charge in [-0.25, -0.2) is 4.79 Å². The summed E-state index contributed by atoms with van der Waals surface area (Å²) in [7, 11) is 1.63. The number of terminal acetylenes is 1. The van der Waals surface area contributed by atoms with Gasteiger partial charge in [-0.2, -0.15) is 0 Å². The summed E-state index contributed by atoms with van der Waals surface area (Å²) >= 11 is 0. The highest BCUT2D eigenvalue weighted by molar-refractivity contribution is 5.67. The quantitative estimate of drug-likeness (QED) is 0.740.